The van der Waals surface area contributed by atoms with Crippen LogP contribution in [0.4, 0.5) is 10.1 Å². The second-order valence-corrected chi connectivity index (χ2v) is 4.15. The van der Waals surface area contributed by atoms with Crippen molar-refractivity contribution in [2.45, 2.75) is 6.54 Å². The Bertz CT molecular complexity index is 602. The molecule has 0 radical (unpaired) electrons. The summed E-state index contributed by atoms with van der Waals surface area (Å²) in [5, 5.41) is 9.11. The van der Waals surface area contributed by atoms with Crippen LogP contribution in [0, 0.1) is 5.82 Å². The molecular weight excluding hydrogens is 247 g/mol. The number of hydrogen-bond donors (Lipinski definition) is 1. The van der Waals surface area contributed by atoms with Crippen LogP contribution in [-0.4, -0.2) is 23.1 Å². The predicted molar refractivity (Wildman–Crippen MR) is 69.7 cm³/mol. The molecule has 19 heavy (non-hydrogen) atoms. The van der Waals surface area contributed by atoms with Crippen molar-refractivity contribution in [1.82, 2.24) is 4.98 Å². The third-order valence-corrected chi connectivity index (χ3v) is 2.81. The van der Waals surface area contributed by atoms with E-state index in [1.807, 2.05) is 0 Å². The summed E-state index contributed by atoms with van der Waals surface area (Å²) in [7, 11) is 1.70. The van der Waals surface area contributed by atoms with Gasteiger partial charge in [0.15, 0.2) is 0 Å². The number of pyridine rings is 1. The molecule has 0 bridgehead atoms. The van der Waals surface area contributed by atoms with Gasteiger partial charge in [-0.3, -0.25) is 4.98 Å². The van der Waals surface area contributed by atoms with E-state index in [1.165, 1.54) is 24.5 Å². The van der Waals surface area contributed by atoms with Crippen molar-refractivity contribution >= 4 is 11.7 Å². The molecule has 2 rings (SSSR count). The van der Waals surface area contributed by atoms with Crippen molar-refractivity contribution in [3.8, 4) is 0 Å². The fourth-order valence-corrected chi connectivity index (χ4v) is 1.84. The maximum Gasteiger partial charge on any atom is 0.337 e. The molecule has 4 nitrogen and oxygen atoms in total. The summed E-state index contributed by atoms with van der Waals surface area (Å²) in [5.74, 6) is -1.34. The number of hydrogen-bond acceptors (Lipinski definition) is 3. The highest BCUT2D eigenvalue weighted by molar-refractivity contribution is 5.94. The molecule has 2 aromatic rings. The Hall–Kier alpha value is -2.43. The lowest BCUT2D eigenvalue weighted by Gasteiger charge is -2.21. The van der Waals surface area contributed by atoms with E-state index in [4.69, 9.17) is 5.11 Å². The first kappa shape index (κ1) is 13.0. The van der Waals surface area contributed by atoms with Gasteiger partial charge in [-0.15, -0.1) is 0 Å². The Morgan fingerprint density at radius 3 is 2.79 bits per heavy atom. The predicted octanol–water partition coefficient (Wildman–Crippen LogP) is 2.56. The molecule has 0 spiro atoms. The summed E-state index contributed by atoms with van der Waals surface area (Å²) in [4.78, 5) is 16.7. The summed E-state index contributed by atoms with van der Waals surface area (Å²) in [6.07, 6.45) is 2.88. The number of aromatic nitrogens is 1. The molecular formula is C14H13FN2O2. The lowest BCUT2D eigenvalue weighted by atomic mass is 10.1. The van der Waals surface area contributed by atoms with Crippen molar-refractivity contribution in [3.05, 3.63) is 59.7 Å². The molecule has 98 valence electrons. The fraction of sp³-hybridized carbons (Fsp3) is 0.143. The van der Waals surface area contributed by atoms with Gasteiger partial charge in [-0.1, -0.05) is 18.2 Å². The molecule has 0 unspecified atom stereocenters. The number of nitrogens with zero attached hydrogens (tertiary/aromatic N) is 2. The first-order chi connectivity index (χ1) is 9.09. The van der Waals surface area contributed by atoms with Crippen molar-refractivity contribution in [1.29, 1.82) is 0 Å². The Morgan fingerprint density at radius 2 is 2.11 bits per heavy atom. The van der Waals surface area contributed by atoms with E-state index in [1.54, 1.807) is 30.1 Å². The van der Waals surface area contributed by atoms with Gasteiger partial charge in [-0.05, 0) is 12.1 Å². The zero-order valence-corrected chi connectivity index (χ0v) is 10.4. The number of aromatic carboxylic acids is 1. The number of rotatable bonds is 4. The van der Waals surface area contributed by atoms with Crippen LogP contribution in [0.25, 0.3) is 0 Å². The summed E-state index contributed by atoms with van der Waals surface area (Å²) < 4.78 is 13.6. The molecule has 1 N–H and O–H groups in total. The van der Waals surface area contributed by atoms with Gasteiger partial charge in [0.05, 0.1) is 17.4 Å². The minimum absolute atomic E-state index is 0.147. The van der Waals surface area contributed by atoms with Gasteiger partial charge in [0.2, 0.25) is 0 Å². The Kier molecular flexibility index (Phi) is 3.75. The van der Waals surface area contributed by atoms with Crippen LogP contribution < -0.4 is 4.90 Å². The Labute approximate surface area is 110 Å². The molecule has 5 heteroatoms. The standard InChI is InChI=1S/C14H13FN2O2/c1-17(9-10-4-2-3-5-12(10)15)13-8-16-7-6-11(13)14(18)19/h2-8H,9H2,1H3,(H,18,19). The van der Waals surface area contributed by atoms with Gasteiger partial charge >= 0.3 is 5.97 Å². The monoisotopic (exact) mass is 260 g/mol. The molecule has 0 aliphatic heterocycles. The Morgan fingerprint density at radius 1 is 1.37 bits per heavy atom. The molecule has 0 amide bonds. The normalized spacial score (nSPS) is 10.2. The molecule has 0 fully saturated rings. The third kappa shape index (κ3) is 2.88. The third-order valence-electron chi connectivity index (χ3n) is 2.81. The first-order valence-electron chi connectivity index (χ1n) is 5.71. The second kappa shape index (κ2) is 5.48. The minimum atomic E-state index is -1.03. The Balaban J connectivity index is 2.28. The van der Waals surface area contributed by atoms with E-state index in [0.29, 0.717) is 11.3 Å². The van der Waals surface area contributed by atoms with E-state index < -0.39 is 5.97 Å². The molecule has 0 atom stereocenters. The number of carboxylic acids is 1. The highest BCUT2D eigenvalue weighted by atomic mass is 19.1. The van der Waals surface area contributed by atoms with Crippen LogP contribution in [-0.2, 0) is 6.54 Å². The largest absolute Gasteiger partial charge is 0.478 e. The lowest BCUT2D eigenvalue weighted by molar-refractivity contribution is 0.0697. The molecule has 1 aromatic carbocycles. The highest BCUT2D eigenvalue weighted by Crippen LogP contribution is 2.20. The van der Waals surface area contributed by atoms with Crippen LogP contribution in [0.2, 0.25) is 0 Å². The molecule has 0 saturated carbocycles. The lowest BCUT2D eigenvalue weighted by Crippen LogP contribution is -2.20. The quantitative estimate of drug-likeness (QED) is 0.917. The summed E-state index contributed by atoms with van der Waals surface area (Å²) in [5.41, 5.74) is 1.11. The van der Waals surface area contributed by atoms with Crippen molar-refractivity contribution in [3.63, 3.8) is 0 Å². The van der Waals surface area contributed by atoms with Crippen molar-refractivity contribution in [2.75, 3.05) is 11.9 Å². The van der Waals surface area contributed by atoms with Gasteiger partial charge in [0.25, 0.3) is 0 Å². The number of benzene rings is 1. The van der Waals surface area contributed by atoms with Crippen LogP contribution >= 0.6 is 0 Å². The smallest absolute Gasteiger partial charge is 0.337 e. The van der Waals surface area contributed by atoms with Crippen LogP contribution in [0.5, 0.6) is 0 Å². The zero-order valence-electron chi connectivity index (χ0n) is 10.4. The van der Waals surface area contributed by atoms with Gasteiger partial charge in [-0.25, -0.2) is 9.18 Å². The van der Waals surface area contributed by atoms with Crippen LogP contribution in [0.3, 0.4) is 0 Å². The maximum atomic E-state index is 13.6. The number of halogens is 1. The van der Waals surface area contributed by atoms with Crippen LogP contribution in [0.1, 0.15) is 15.9 Å². The molecule has 0 aliphatic carbocycles. The molecule has 0 aliphatic rings. The van der Waals surface area contributed by atoms with E-state index in [2.05, 4.69) is 4.98 Å². The number of carbonyl (C=O) groups is 1. The van der Waals surface area contributed by atoms with Crippen LogP contribution in [0.15, 0.2) is 42.7 Å². The molecule has 1 aromatic heterocycles. The summed E-state index contributed by atoms with van der Waals surface area (Å²) >= 11 is 0. The van der Waals surface area contributed by atoms with Gasteiger partial charge in [0.1, 0.15) is 5.82 Å². The average Bonchev–Trinajstić information content (AvgIpc) is 2.41. The summed E-state index contributed by atoms with van der Waals surface area (Å²) in [6, 6.07) is 7.84. The minimum Gasteiger partial charge on any atom is -0.478 e. The van der Waals surface area contributed by atoms with Gasteiger partial charge in [-0.2, -0.15) is 0 Å². The average molecular weight is 260 g/mol. The van der Waals surface area contributed by atoms with Gasteiger partial charge in [0, 0.05) is 25.4 Å². The van der Waals surface area contributed by atoms with Gasteiger partial charge < -0.3 is 10.0 Å². The zero-order chi connectivity index (χ0) is 13.8. The first-order valence-corrected chi connectivity index (χ1v) is 5.71. The highest BCUT2D eigenvalue weighted by Gasteiger charge is 2.14. The van der Waals surface area contributed by atoms with E-state index in [9.17, 15) is 9.18 Å². The maximum absolute atomic E-state index is 13.6. The number of carboxylic acid groups (broad SMARTS) is 1. The van der Waals surface area contributed by atoms with Crippen molar-refractivity contribution < 1.29 is 14.3 Å². The fourth-order valence-electron chi connectivity index (χ4n) is 1.84. The number of anilines is 1. The molecule has 1 heterocycles. The topological polar surface area (TPSA) is 53.4 Å². The van der Waals surface area contributed by atoms with E-state index in [0.717, 1.165) is 0 Å². The second-order valence-electron chi connectivity index (χ2n) is 4.15. The summed E-state index contributed by atoms with van der Waals surface area (Å²) in [6.45, 7) is 0.276. The van der Waals surface area contributed by atoms with E-state index in [-0.39, 0.29) is 17.9 Å². The van der Waals surface area contributed by atoms with E-state index >= 15 is 0 Å². The van der Waals surface area contributed by atoms with Crippen molar-refractivity contribution in [2.24, 2.45) is 0 Å². The molecule has 0 saturated heterocycles. The SMILES string of the molecule is CN(Cc1ccccc1F)c1cnccc1C(=O)O.